The number of rotatable bonds is 9. The van der Waals surface area contributed by atoms with Crippen LogP contribution in [0, 0.1) is 31.7 Å². The first-order valence-electron chi connectivity index (χ1n) is 8.06. The number of nitrogens with one attached hydrogen (secondary N) is 2. The van der Waals surface area contributed by atoms with Gasteiger partial charge in [-0.3, -0.25) is 25.5 Å². The minimum absolute atomic E-state index is 0.198. The molecule has 0 aromatic heterocycles. The van der Waals surface area contributed by atoms with E-state index in [2.05, 4.69) is 5.32 Å². The second-order valence-electron chi connectivity index (χ2n) is 5.71. The van der Waals surface area contributed by atoms with Crippen LogP contribution in [0.5, 0.6) is 0 Å². The zero-order valence-corrected chi connectivity index (χ0v) is 14.6. The molecule has 0 unspecified atom stereocenters. The number of benzene rings is 1. The van der Waals surface area contributed by atoms with Crippen molar-refractivity contribution < 1.29 is 23.0 Å². The number of anilines is 2. The molecule has 148 valence electrons. The SMILES string of the molecule is CCCC(CCC)Nc1c([N+](=O)[O-])cc(C(F)(F)F)c(NC#N)c1[N+](=O)[O-]. The first kappa shape index (κ1) is 21.9. The van der Waals surface area contributed by atoms with Crippen LogP contribution in [-0.2, 0) is 6.18 Å². The molecule has 1 aromatic carbocycles. The number of nitriles is 1. The van der Waals surface area contributed by atoms with Gasteiger partial charge in [0.1, 0.15) is 5.69 Å². The second-order valence-corrected chi connectivity index (χ2v) is 5.71. The van der Waals surface area contributed by atoms with E-state index in [1.807, 2.05) is 13.8 Å². The van der Waals surface area contributed by atoms with Gasteiger partial charge in [0, 0.05) is 12.1 Å². The van der Waals surface area contributed by atoms with E-state index in [9.17, 15) is 33.4 Å². The van der Waals surface area contributed by atoms with Crippen LogP contribution in [0.2, 0.25) is 0 Å². The molecule has 1 aromatic rings. The van der Waals surface area contributed by atoms with Crippen molar-refractivity contribution >= 4 is 22.7 Å². The summed E-state index contributed by atoms with van der Waals surface area (Å²) in [7, 11) is 0. The van der Waals surface area contributed by atoms with Gasteiger partial charge in [0.05, 0.1) is 15.4 Å². The fourth-order valence-corrected chi connectivity index (χ4v) is 2.72. The van der Waals surface area contributed by atoms with Crippen LogP contribution in [0.15, 0.2) is 6.07 Å². The molecular weight excluding hydrogens is 371 g/mol. The highest BCUT2D eigenvalue weighted by Crippen LogP contribution is 2.48. The average Bonchev–Trinajstić information content (AvgIpc) is 2.53. The molecule has 27 heavy (non-hydrogen) atoms. The average molecular weight is 389 g/mol. The molecule has 0 aliphatic carbocycles. The van der Waals surface area contributed by atoms with Crippen LogP contribution >= 0.6 is 0 Å². The van der Waals surface area contributed by atoms with Crippen molar-refractivity contribution in [3.63, 3.8) is 0 Å². The second kappa shape index (κ2) is 9.02. The minimum atomic E-state index is -5.14. The summed E-state index contributed by atoms with van der Waals surface area (Å²) in [4.78, 5) is 20.5. The fraction of sp³-hybridized carbons (Fsp3) is 0.533. The van der Waals surface area contributed by atoms with Crippen molar-refractivity contribution in [3.05, 3.63) is 31.9 Å². The number of hydrogen-bond acceptors (Lipinski definition) is 7. The lowest BCUT2D eigenvalue weighted by atomic mass is 10.0. The van der Waals surface area contributed by atoms with Crippen molar-refractivity contribution in [2.45, 2.75) is 51.7 Å². The molecule has 0 amide bonds. The predicted octanol–water partition coefficient (Wildman–Crippen LogP) is 4.80. The number of nitro groups is 2. The Hall–Kier alpha value is -3.10. The molecule has 0 fully saturated rings. The van der Waals surface area contributed by atoms with Crippen molar-refractivity contribution in [1.82, 2.24) is 0 Å². The number of hydrogen-bond donors (Lipinski definition) is 2. The summed E-state index contributed by atoms with van der Waals surface area (Å²) >= 11 is 0. The molecule has 0 aliphatic rings. The molecular formula is C15H18F3N5O4. The van der Waals surface area contributed by atoms with E-state index < -0.39 is 50.4 Å². The summed E-state index contributed by atoms with van der Waals surface area (Å²) in [6, 6.07) is -0.215. The number of nitrogens with zero attached hydrogens (tertiary/aromatic N) is 3. The molecule has 0 aliphatic heterocycles. The Bertz CT molecular complexity index is 755. The van der Waals surface area contributed by atoms with Crippen molar-refractivity contribution in [2.75, 3.05) is 10.6 Å². The summed E-state index contributed by atoms with van der Waals surface area (Å²) < 4.78 is 39.8. The van der Waals surface area contributed by atoms with Gasteiger partial charge in [0.25, 0.3) is 5.69 Å². The zero-order chi connectivity index (χ0) is 20.8. The predicted molar refractivity (Wildman–Crippen MR) is 91.2 cm³/mol. The molecule has 2 N–H and O–H groups in total. The molecule has 12 heteroatoms. The number of alkyl halides is 3. The Morgan fingerprint density at radius 2 is 1.70 bits per heavy atom. The monoisotopic (exact) mass is 389 g/mol. The maximum Gasteiger partial charge on any atom is 0.418 e. The number of nitro benzene ring substituents is 2. The molecule has 0 bridgehead atoms. The van der Waals surface area contributed by atoms with Gasteiger partial charge >= 0.3 is 11.9 Å². The maximum absolute atomic E-state index is 13.3. The Kier molecular flexibility index (Phi) is 7.33. The zero-order valence-electron chi connectivity index (χ0n) is 14.6. The Morgan fingerprint density at radius 1 is 1.15 bits per heavy atom. The van der Waals surface area contributed by atoms with E-state index in [1.165, 1.54) is 6.19 Å². The fourth-order valence-electron chi connectivity index (χ4n) is 2.72. The molecule has 0 spiro atoms. The lowest BCUT2D eigenvalue weighted by molar-refractivity contribution is -0.392. The summed E-state index contributed by atoms with van der Waals surface area (Å²) in [6.07, 6.45) is -1.60. The van der Waals surface area contributed by atoms with E-state index in [0.717, 1.165) is 0 Å². The third-order valence-electron chi connectivity index (χ3n) is 3.77. The van der Waals surface area contributed by atoms with Crippen molar-refractivity contribution in [2.24, 2.45) is 0 Å². The highest BCUT2D eigenvalue weighted by Gasteiger charge is 2.43. The van der Waals surface area contributed by atoms with E-state index in [4.69, 9.17) is 5.26 Å². The lowest BCUT2D eigenvalue weighted by Gasteiger charge is -2.20. The highest BCUT2D eigenvalue weighted by atomic mass is 19.4. The topological polar surface area (TPSA) is 134 Å². The van der Waals surface area contributed by atoms with Gasteiger partial charge in [0.15, 0.2) is 11.9 Å². The van der Waals surface area contributed by atoms with E-state index in [0.29, 0.717) is 25.7 Å². The third-order valence-corrected chi connectivity index (χ3v) is 3.77. The smallest absolute Gasteiger partial charge is 0.371 e. The Balaban J connectivity index is 3.82. The first-order valence-corrected chi connectivity index (χ1v) is 8.06. The normalized spacial score (nSPS) is 11.1. The highest BCUT2D eigenvalue weighted by molar-refractivity contribution is 5.87. The molecule has 0 heterocycles. The first-order chi connectivity index (χ1) is 12.6. The molecule has 0 radical (unpaired) electrons. The molecule has 0 saturated heterocycles. The van der Waals surface area contributed by atoms with Gasteiger partial charge in [0.2, 0.25) is 0 Å². The van der Waals surface area contributed by atoms with Gasteiger partial charge in [-0.05, 0) is 12.8 Å². The van der Waals surface area contributed by atoms with Gasteiger partial charge < -0.3 is 5.32 Å². The van der Waals surface area contributed by atoms with Crippen LogP contribution in [0.3, 0.4) is 0 Å². The molecule has 0 saturated carbocycles. The maximum atomic E-state index is 13.3. The Morgan fingerprint density at radius 3 is 2.07 bits per heavy atom. The summed E-state index contributed by atoms with van der Waals surface area (Å²) in [5.41, 5.74) is -5.70. The van der Waals surface area contributed by atoms with E-state index >= 15 is 0 Å². The van der Waals surface area contributed by atoms with Crippen LogP contribution < -0.4 is 10.6 Å². The standard InChI is InChI=1S/C15H18F3N5O4/c1-3-5-9(6-4-2)21-13-11(22(24)25)7-10(15(16,17)18)12(20-8-19)14(13)23(26)27/h7,9,20-21H,3-6H2,1-2H3. The quantitative estimate of drug-likeness (QED) is 0.268. The van der Waals surface area contributed by atoms with Crippen molar-refractivity contribution in [3.8, 4) is 6.19 Å². The summed E-state index contributed by atoms with van der Waals surface area (Å²) in [5, 5.41) is 35.9. The van der Waals surface area contributed by atoms with Crippen molar-refractivity contribution in [1.29, 1.82) is 5.26 Å². The molecule has 0 atom stereocenters. The van der Waals surface area contributed by atoms with Gasteiger partial charge in [-0.1, -0.05) is 26.7 Å². The van der Waals surface area contributed by atoms with Crippen LogP contribution in [0.25, 0.3) is 0 Å². The minimum Gasteiger partial charge on any atom is -0.371 e. The van der Waals surface area contributed by atoms with E-state index in [1.54, 1.807) is 5.32 Å². The third kappa shape index (κ3) is 5.19. The molecule has 1 rings (SSSR count). The summed E-state index contributed by atoms with van der Waals surface area (Å²) in [5.74, 6) is 0. The summed E-state index contributed by atoms with van der Waals surface area (Å²) in [6.45, 7) is 3.67. The largest absolute Gasteiger partial charge is 0.418 e. The molecule has 9 nitrogen and oxygen atoms in total. The van der Waals surface area contributed by atoms with Crippen LogP contribution in [0.4, 0.5) is 35.9 Å². The van der Waals surface area contributed by atoms with Gasteiger partial charge in [-0.15, -0.1) is 0 Å². The van der Waals surface area contributed by atoms with Crippen LogP contribution in [0.1, 0.15) is 45.1 Å². The lowest BCUT2D eigenvalue weighted by Crippen LogP contribution is -2.22. The van der Waals surface area contributed by atoms with Crippen LogP contribution in [-0.4, -0.2) is 15.9 Å². The van der Waals surface area contributed by atoms with E-state index in [-0.39, 0.29) is 6.07 Å². The van der Waals surface area contributed by atoms with Gasteiger partial charge in [-0.25, -0.2) is 0 Å². The van der Waals surface area contributed by atoms with Gasteiger partial charge in [-0.2, -0.15) is 18.4 Å². The Labute approximate surface area is 152 Å². The number of halogens is 3.